The average Bonchev–Trinajstić information content (AvgIpc) is 2.34. The van der Waals surface area contributed by atoms with Crippen molar-refractivity contribution in [2.45, 2.75) is 6.04 Å². The molecule has 0 bridgehead atoms. The summed E-state index contributed by atoms with van der Waals surface area (Å²) in [4.78, 5) is 22.5. The van der Waals surface area contributed by atoms with E-state index in [1.54, 1.807) is 18.2 Å². The van der Waals surface area contributed by atoms with Crippen LogP contribution in [0.3, 0.4) is 0 Å². The summed E-state index contributed by atoms with van der Waals surface area (Å²) in [5.74, 6) is 0.997. The molecule has 94 valence electrons. The van der Waals surface area contributed by atoms with Gasteiger partial charge in [0.1, 0.15) is 0 Å². The molecule has 0 heterocycles. The van der Waals surface area contributed by atoms with Gasteiger partial charge in [-0.3, -0.25) is 0 Å². The molecule has 0 spiro atoms. The summed E-state index contributed by atoms with van der Waals surface area (Å²) >= 11 is 5.88. The Bertz CT molecular complexity index is 496. The van der Waals surface area contributed by atoms with Gasteiger partial charge >= 0.3 is 12.0 Å². The second kappa shape index (κ2) is 6.52. The highest BCUT2D eigenvalue weighted by atomic mass is 35.5. The van der Waals surface area contributed by atoms with Crippen molar-refractivity contribution in [3.63, 3.8) is 0 Å². The molecule has 0 unspecified atom stereocenters. The van der Waals surface area contributed by atoms with Crippen LogP contribution in [0.25, 0.3) is 0 Å². The molecular formula is C12H11ClN2O3. The van der Waals surface area contributed by atoms with E-state index in [4.69, 9.17) is 23.1 Å². The smallest absolute Gasteiger partial charge is 0.331 e. The lowest BCUT2D eigenvalue weighted by Crippen LogP contribution is -2.41. The summed E-state index contributed by atoms with van der Waals surface area (Å²) in [6, 6.07) is 4.49. The molecule has 0 aliphatic heterocycles. The maximum absolute atomic E-state index is 11.4. The first-order valence-corrected chi connectivity index (χ1v) is 5.39. The van der Waals surface area contributed by atoms with Gasteiger partial charge in [0.15, 0.2) is 6.04 Å². The lowest BCUT2D eigenvalue weighted by molar-refractivity contribution is -0.139. The fourth-order valence-electron chi connectivity index (χ4n) is 1.30. The number of halogens is 1. The highest BCUT2D eigenvalue weighted by Crippen LogP contribution is 2.22. The van der Waals surface area contributed by atoms with Crippen LogP contribution in [-0.4, -0.2) is 23.7 Å². The molecule has 6 heteroatoms. The van der Waals surface area contributed by atoms with E-state index in [9.17, 15) is 9.59 Å². The number of hydrogen-bond donors (Lipinski definition) is 3. The topological polar surface area (TPSA) is 78.4 Å². The number of carbonyl (C=O) groups is 2. The number of benzene rings is 1. The number of carbonyl (C=O) groups excluding carboxylic acids is 1. The number of nitrogens with one attached hydrogen (secondary N) is 2. The Kier molecular flexibility index (Phi) is 5.03. The van der Waals surface area contributed by atoms with Crippen LogP contribution < -0.4 is 10.6 Å². The molecule has 5 nitrogen and oxygen atoms in total. The minimum absolute atomic E-state index is 0.0146. The normalized spacial score (nSPS) is 11.1. The van der Waals surface area contributed by atoms with Crippen molar-refractivity contribution in [3.8, 4) is 12.3 Å². The fourth-order valence-corrected chi connectivity index (χ4v) is 1.54. The Hall–Kier alpha value is -2.19. The van der Waals surface area contributed by atoms with E-state index in [1.165, 1.54) is 6.07 Å². The predicted octanol–water partition coefficient (Wildman–Crippen LogP) is 1.40. The van der Waals surface area contributed by atoms with Gasteiger partial charge in [-0.2, -0.15) is 0 Å². The third-order valence-electron chi connectivity index (χ3n) is 2.09. The highest BCUT2D eigenvalue weighted by molar-refractivity contribution is 6.31. The largest absolute Gasteiger partial charge is 0.479 e. The lowest BCUT2D eigenvalue weighted by atomic mass is 10.1. The molecule has 0 fully saturated rings. The van der Waals surface area contributed by atoms with Crippen LogP contribution in [0.4, 0.5) is 4.79 Å². The van der Waals surface area contributed by atoms with E-state index >= 15 is 0 Å². The number of carboxylic acid groups (broad SMARTS) is 1. The Balaban J connectivity index is 2.85. The van der Waals surface area contributed by atoms with E-state index < -0.39 is 18.0 Å². The summed E-state index contributed by atoms with van der Waals surface area (Å²) < 4.78 is 0. The minimum atomic E-state index is -1.23. The van der Waals surface area contributed by atoms with Crippen LogP contribution in [-0.2, 0) is 4.79 Å². The van der Waals surface area contributed by atoms with E-state index in [-0.39, 0.29) is 11.6 Å². The van der Waals surface area contributed by atoms with Crippen molar-refractivity contribution in [2.75, 3.05) is 6.54 Å². The fraction of sp³-hybridized carbons (Fsp3) is 0.167. The lowest BCUT2D eigenvalue weighted by Gasteiger charge is -2.16. The molecule has 1 aromatic rings. The molecule has 2 amide bonds. The molecule has 1 aromatic carbocycles. The van der Waals surface area contributed by atoms with Crippen molar-refractivity contribution in [1.29, 1.82) is 0 Å². The SMILES string of the molecule is C#CCNC(=O)N[C@@H](C(=O)O)c1ccccc1Cl. The molecule has 0 saturated heterocycles. The molecule has 0 aliphatic carbocycles. The highest BCUT2D eigenvalue weighted by Gasteiger charge is 2.23. The molecule has 1 rings (SSSR count). The number of amides is 2. The number of terminal acetylenes is 1. The van der Waals surface area contributed by atoms with E-state index in [1.807, 2.05) is 0 Å². The molecule has 3 N–H and O–H groups in total. The second-order valence-electron chi connectivity index (χ2n) is 3.32. The maximum atomic E-state index is 11.4. The average molecular weight is 267 g/mol. The van der Waals surface area contributed by atoms with Crippen LogP contribution in [0, 0.1) is 12.3 Å². The quantitative estimate of drug-likeness (QED) is 0.721. The molecule has 18 heavy (non-hydrogen) atoms. The molecular weight excluding hydrogens is 256 g/mol. The van der Waals surface area contributed by atoms with Gasteiger partial charge in [0.05, 0.1) is 6.54 Å². The first kappa shape index (κ1) is 13.9. The molecule has 0 radical (unpaired) electrons. The van der Waals surface area contributed by atoms with Gasteiger partial charge in [-0.05, 0) is 6.07 Å². The van der Waals surface area contributed by atoms with Gasteiger partial charge in [0.25, 0.3) is 0 Å². The van der Waals surface area contributed by atoms with Crippen LogP contribution in [0.5, 0.6) is 0 Å². The molecule has 0 aliphatic rings. The summed E-state index contributed by atoms with van der Waals surface area (Å²) in [5, 5.41) is 13.9. The van der Waals surface area contributed by atoms with Gasteiger partial charge in [-0.25, -0.2) is 9.59 Å². The van der Waals surface area contributed by atoms with Crippen LogP contribution >= 0.6 is 11.6 Å². The number of aliphatic carboxylic acids is 1. The number of carboxylic acids is 1. The number of urea groups is 1. The second-order valence-corrected chi connectivity index (χ2v) is 3.73. The number of hydrogen-bond acceptors (Lipinski definition) is 2. The summed E-state index contributed by atoms with van der Waals surface area (Å²) in [5.41, 5.74) is 0.308. The molecule has 1 atom stereocenters. The van der Waals surface area contributed by atoms with Gasteiger partial charge in [-0.15, -0.1) is 6.42 Å². The van der Waals surface area contributed by atoms with Crippen molar-refractivity contribution in [1.82, 2.24) is 10.6 Å². The third kappa shape index (κ3) is 3.68. The Morgan fingerprint density at radius 2 is 2.11 bits per heavy atom. The minimum Gasteiger partial charge on any atom is -0.479 e. The number of rotatable bonds is 4. The standard InChI is InChI=1S/C12H11ClN2O3/c1-2-7-14-12(18)15-10(11(16)17)8-5-3-4-6-9(8)13/h1,3-6,10H,7H2,(H,16,17)(H2,14,15,18)/t10-/m1/s1. The third-order valence-corrected chi connectivity index (χ3v) is 2.43. The Morgan fingerprint density at radius 1 is 1.44 bits per heavy atom. The molecule has 0 aromatic heterocycles. The Labute approximate surface area is 109 Å². The zero-order valence-corrected chi connectivity index (χ0v) is 10.1. The summed E-state index contributed by atoms with van der Waals surface area (Å²) in [6.45, 7) is 0.0146. The van der Waals surface area contributed by atoms with Crippen molar-refractivity contribution in [2.24, 2.45) is 0 Å². The van der Waals surface area contributed by atoms with Gasteiger partial charge in [0.2, 0.25) is 0 Å². The van der Waals surface area contributed by atoms with Gasteiger partial charge in [0, 0.05) is 10.6 Å². The maximum Gasteiger partial charge on any atom is 0.331 e. The molecule has 0 saturated carbocycles. The van der Waals surface area contributed by atoms with Crippen molar-refractivity contribution >= 4 is 23.6 Å². The summed E-state index contributed by atoms with van der Waals surface area (Å²) in [6.07, 6.45) is 4.97. The van der Waals surface area contributed by atoms with E-state index in [0.29, 0.717) is 5.56 Å². The van der Waals surface area contributed by atoms with Crippen molar-refractivity contribution < 1.29 is 14.7 Å². The van der Waals surface area contributed by atoms with Crippen LogP contribution in [0.15, 0.2) is 24.3 Å². The Morgan fingerprint density at radius 3 is 2.67 bits per heavy atom. The zero-order chi connectivity index (χ0) is 13.5. The van der Waals surface area contributed by atoms with E-state index in [0.717, 1.165) is 0 Å². The van der Waals surface area contributed by atoms with E-state index in [2.05, 4.69) is 16.6 Å². The first-order valence-electron chi connectivity index (χ1n) is 5.01. The predicted molar refractivity (Wildman–Crippen MR) is 67.2 cm³/mol. The summed E-state index contributed by atoms with van der Waals surface area (Å²) in [7, 11) is 0. The van der Waals surface area contributed by atoms with Gasteiger partial charge in [-0.1, -0.05) is 35.7 Å². The van der Waals surface area contributed by atoms with Crippen LogP contribution in [0.2, 0.25) is 5.02 Å². The van der Waals surface area contributed by atoms with Crippen molar-refractivity contribution in [3.05, 3.63) is 34.9 Å². The zero-order valence-electron chi connectivity index (χ0n) is 9.31. The van der Waals surface area contributed by atoms with Gasteiger partial charge < -0.3 is 15.7 Å². The monoisotopic (exact) mass is 266 g/mol. The van der Waals surface area contributed by atoms with Crippen LogP contribution in [0.1, 0.15) is 11.6 Å². The first-order chi connectivity index (χ1) is 8.56.